The number of likely N-dealkylation sites (tertiary alicyclic amines) is 1. The maximum atomic E-state index is 12.2. The van der Waals surface area contributed by atoms with Gasteiger partial charge in [-0.2, -0.15) is 5.10 Å². The summed E-state index contributed by atoms with van der Waals surface area (Å²) in [6.07, 6.45) is 2.78. The fraction of sp³-hybridized carbons (Fsp3) is 0.786. The molecule has 1 unspecified atom stereocenters. The lowest BCUT2D eigenvalue weighted by atomic mass is 9.96. The predicted molar refractivity (Wildman–Crippen MR) is 77.3 cm³/mol. The number of aryl methyl sites for hydroxylation is 1. The lowest BCUT2D eigenvalue weighted by Crippen LogP contribution is -2.45. The summed E-state index contributed by atoms with van der Waals surface area (Å²) >= 11 is 0. The Morgan fingerprint density at radius 1 is 1.55 bits per heavy atom. The number of amides is 1. The van der Waals surface area contributed by atoms with Crippen LogP contribution in [0.3, 0.4) is 0 Å². The Kier molecular flexibility index (Phi) is 5.11. The summed E-state index contributed by atoms with van der Waals surface area (Å²) in [6, 6.07) is 0.516. The van der Waals surface area contributed by atoms with Crippen molar-refractivity contribution in [2.24, 2.45) is 5.92 Å². The van der Waals surface area contributed by atoms with Crippen LogP contribution in [0.4, 0.5) is 0 Å². The van der Waals surface area contributed by atoms with Crippen molar-refractivity contribution in [1.29, 1.82) is 0 Å². The summed E-state index contributed by atoms with van der Waals surface area (Å²) in [5.41, 5.74) is 0. The molecule has 6 heteroatoms. The minimum atomic E-state index is 0.125. The second-order valence-corrected chi connectivity index (χ2v) is 5.81. The van der Waals surface area contributed by atoms with Crippen LogP contribution in [0, 0.1) is 12.8 Å². The van der Waals surface area contributed by atoms with E-state index in [4.69, 9.17) is 0 Å². The van der Waals surface area contributed by atoms with E-state index in [0.717, 1.165) is 37.6 Å². The molecule has 2 N–H and O–H groups in total. The van der Waals surface area contributed by atoms with E-state index in [1.807, 2.05) is 6.92 Å². The molecular weight excluding hydrogens is 254 g/mol. The molecule has 6 nitrogen and oxygen atoms in total. The highest BCUT2D eigenvalue weighted by atomic mass is 16.1. The topological polar surface area (TPSA) is 73.9 Å². The number of rotatable bonds is 5. The summed E-state index contributed by atoms with van der Waals surface area (Å²) in [4.78, 5) is 18.8. The molecule has 1 aromatic rings. The fourth-order valence-electron chi connectivity index (χ4n) is 2.63. The van der Waals surface area contributed by atoms with Gasteiger partial charge in [-0.25, -0.2) is 4.98 Å². The van der Waals surface area contributed by atoms with E-state index in [-0.39, 0.29) is 11.8 Å². The van der Waals surface area contributed by atoms with Gasteiger partial charge in [0.15, 0.2) is 5.82 Å². The highest BCUT2D eigenvalue weighted by Gasteiger charge is 2.26. The van der Waals surface area contributed by atoms with Gasteiger partial charge in [0.05, 0.1) is 5.92 Å². The van der Waals surface area contributed by atoms with Crippen LogP contribution in [0.15, 0.2) is 0 Å². The maximum Gasteiger partial charge on any atom is 0.224 e. The molecule has 2 heterocycles. The van der Waals surface area contributed by atoms with Gasteiger partial charge in [0.25, 0.3) is 0 Å². The zero-order chi connectivity index (χ0) is 14.5. The Balaban J connectivity index is 1.74. The zero-order valence-corrected chi connectivity index (χ0v) is 12.6. The number of hydrogen-bond donors (Lipinski definition) is 2. The molecule has 0 radical (unpaired) electrons. The molecule has 1 amide bonds. The first-order valence-electron chi connectivity index (χ1n) is 7.46. The van der Waals surface area contributed by atoms with Crippen molar-refractivity contribution in [2.45, 2.75) is 46.1 Å². The highest BCUT2D eigenvalue weighted by molar-refractivity contribution is 5.78. The molecule has 1 fully saturated rings. The van der Waals surface area contributed by atoms with Gasteiger partial charge in [0.1, 0.15) is 5.82 Å². The van der Waals surface area contributed by atoms with Crippen LogP contribution in [-0.2, 0) is 11.2 Å². The van der Waals surface area contributed by atoms with Crippen LogP contribution in [0.5, 0.6) is 0 Å². The van der Waals surface area contributed by atoms with E-state index in [1.165, 1.54) is 0 Å². The Hall–Kier alpha value is -1.43. The first kappa shape index (κ1) is 15.0. The molecule has 1 aliphatic heterocycles. The summed E-state index contributed by atoms with van der Waals surface area (Å²) in [5, 5.41) is 9.88. The summed E-state index contributed by atoms with van der Waals surface area (Å²) in [6.45, 7) is 8.84. The van der Waals surface area contributed by atoms with Gasteiger partial charge in [0.2, 0.25) is 5.91 Å². The normalized spacial score (nSPS) is 20.3. The van der Waals surface area contributed by atoms with Crippen molar-refractivity contribution in [1.82, 2.24) is 25.4 Å². The van der Waals surface area contributed by atoms with E-state index in [2.05, 4.69) is 39.2 Å². The molecule has 1 aromatic heterocycles. The SMILES string of the molecule is Cc1nc(CCNC(=O)C2CCCN(C(C)C)C2)n[nH]1. The van der Waals surface area contributed by atoms with Crippen molar-refractivity contribution in [2.75, 3.05) is 19.6 Å². The standard InChI is InChI=1S/C14H25N5O/c1-10(2)19-8-4-5-12(9-19)14(20)15-7-6-13-16-11(3)17-18-13/h10,12H,4-9H2,1-3H3,(H,15,20)(H,16,17,18). The quantitative estimate of drug-likeness (QED) is 0.839. The summed E-state index contributed by atoms with van der Waals surface area (Å²) < 4.78 is 0. The number of aromatic nitrogens is 3. The van der Waals surface area contributed by atoms with Crippen LogP contribution in [0.2, 0.25) is 0 Å². The Morgan fingerprint density at radius 3 is 3.00 bits per heavy atom. The highest BCUT2D eigenvalue weighted by Crippen LogP contribution is 2.18. The molecule has 0 bridgehead atoms. The second-order valence-electron chi connectivity index (χ2n) is 5.81. The van der Waals surface area contributed by atoms with Gasteiger partial charge in [-0.05, 0) is 40.2 Å². The molecule has 20 heavy (non-hydrogen) atoms. The van der Waals surface area contributed by atoms with E-state index in [0.29, 0.717) is 19.0 Å². The monoisotopic (exact) mass is 279 g/mol. The molecule has 0 saturated carbocycles. The average molecular weight is 279 g/mol. The molecule has 0 aromatic carbocycles. The number of carbonyl (C=O) groups is 1. The number of nitrogens with zero attached hydrogens (tertiary/aromatic N) is 3. The molecule has 0 spiro atoms. The Bertz CT molecular complexity index is 443. The Morgan fingerprint density at radius 2 is 2.35 bits per heavy atom. The van der Waals surface area contributed by atoms with Crippen LogP contribution in [-0.4, -0.2) is 51.7 Å². The number of H-pyrrole nitrogens is 1. The lowest BCUT2D eigenvalue weighted by molar-refractivity contribution is -0.126. The smallest absolute Gasteiger partial charge is 0.224 e. The van der Waals surface area contributed by atoms with Crippen LogP contribution < -0.4 is 5.32 Å². The van der Waals surface area contributed by atoms with Crippen molar-refractivity contribution in [3.8, 4) is 0 Å². The van der Waals surface area contributed by atoms with Crippen LogP contribution >= 0.6 is 0 Å². The van der Waals surface area contributed by atoms with Crippen molar-refractivity contribution in [3.05, 3.63) is 11.6 Å². The number of nitrogens with one attached hydrogen (secondary N) is 2. The third-order valence-corrected chi connectivity index (χ3v) is 3.85. The Labute approximate surface area is 120 Å². The summed E-state index contributed by atoms with van der Waals surface area (Å²) in [5.74, 6) is 1.86. The molecule has 2 rings (SSSR count). The van der Waals surface area contributed by atoms with Gasteiger partial charge in [-0.3, -0.25) is 9.89 Å². The second kappa shape index (κ2) is 6.83. The minimum absolute atomic E-state index is 0.125. The first-order valence-corrected chi connectivity index (χ1v) is 7.46. The molecule has 0 aliphatic carbocycles. The van der Waals surface area contributed by atoms with Gasteiger partial charge in [-0.15, -0.1) is 0 Å². The van der Waals surface area contributed by atoms with Crippen molar-refractivity contribution < 1.29 is 4.79 Å². The predicted octanol–water partition coefficient (Wildman–Crippen LogP) is 0.892. The molecule has 1 atom stereocenters. The molecule has 1 aliphatic rings. The van der Waals surface area contributed by atoms with E-state index in [9.17, 15) is 4.79 Å². The van der Waals surface area contributed by atoms with E-state index in [1.54, 1.807) is 0 Å². The van der Waals surface area contributed by atoms with Gasteiger partial charge in [0, 0.05) is 25.6 Å². The largest absolute Gasteiger partial charge is 0.355 e. The number of piperidine rings is 1. The van der Waals surface area contributed by atoms with E-state index >= 15 is 0 Å². The van der Waals surface area contributed by atoms with Gasteiger partial charge < -0.3 is 10.2 Å². The van der Waals surface area contributed by atoms with Crippen LogP contribution in [0.1, 0.15) is 38.3 Å². The lowest BCUT2D eigenvalue weighted by Gasteiger charge is -2.34. The fourth-order valence-corrected chi connectivity index (χ4v) is 2.63. The molecular formula is C14H25N5O. The third-order valence-electron chi connectivity index (χ3n) is 3.85. The van der Waals surface area contributed by atoms with Gasteiger partial charge in [-0.1, -0.05) is 0 Å². The number of aromatic amines is 1. The number of hydrogen-bond acceptors (Lipinski definition) is 4. The zero-order valence-electron chi connectivity index (χ0n) is 12.6. The average Bonchev–Trinajstić information content (AvgIpc) is 2.84. The maximum absolute atomic E-state index is 12.2. The van der Waals surface area contributed by atoms with Crippen LogP contribution in [0.25, 0.3) is 0 Å². The minimum Gasteiger partial charge on any atom is -0.355 e. The first-order chi connectivity index (χ1) is 9.56. The molecule has 1 saturated heterocycles. The molecule has 112 valence electrons. The van der Waals surface area contributed by atoms with Crippen molar-refractivity contribution in [3.63, 3.8) is 0 Å². The number of carbonyl (C=O) groups excluding carboxylic acids is 1. The van der Waals surface area contributed by atoms with Gasteiger partial charge >= 0.3 is 0 Å². The third kappa shape index (κ3) is 4.03. The summed E-state index contributed by atoms with van der Waals surface area (Å²) in [7, 11) is 0. The van der Waals surface area contributed by atoms with E-state index < -0.39 is 0 Å². The van der Waals surface area contributed by atoms with Crippen molar-refractivity contribution >= 4 is 5.91 Å².